The number of carboxylic acids is 4. The van der Waals surface area contributed by atoms with Gasteiger partial charge in [0.05, 0.1) is 12.5 Å². The van der Waals surface area contributed by atoms with Gasteiger partial charge in [0, 0.05) is 32.1 Å². The summed E-state index contributed by atoms with van der Waals surface area (Å²) in [5.41, 5.74) is 18.7. The van der Waals surface area contributed by atoms with Crippen LogP contribution in [0.4, 0.5) is 0 Å². The van der Waals surface area contributed by atoms with E-state index >= 15 is 0 Å². The normalized spacial score (nSPS) is 14.4. The molecule has 0 aliphatic rings. The molecule has 3 aromatic carbocycles. The first kappa shape index (κ1) is 72.5. The van der Waals surface area contributed by atoms with Crippen LogP contribution in [-0.2, 0) is 81.6 Å². The van der Waals surface area contributed by atoms with Gasteiger partial charge in [-0.25, -0.2) is 4.79 Å². The van der Waals surface area contributed by atoms with Crippen molar-refractivity contribution in [1.82, 2.24) is 42.5 Å². The Balaban J connectivity index is 1.94. The Bertz CT molecular complexity index is 2900. The lowest BCUT2D eigenvalue weighted by Crippen LogP contribution is -2.61. The summed E-state index contributed by atoms with van der Waals surface area (Å²) in [7, 11) is 0. The van der Waals surface area contributed by atoms with Crippen molar-refractivity contribution in [2.75, 3.05) is 6.54 Å². The van der Waals surface area contributed by atoms with E-state index in [-0.39, 0.29) is 56.6 Å². The highest BCUT2D eigenvalue weighted by molar-refractivity contribution is 5.99. The van der Waals surface area contributed by atoms with E-state index in [1.807, 2.05) is 0 Å². The van der Waals surface area contributed by atoms with E-state index in [4.69, 9.17) is 17.2 Å². The summed E-state index contributed by atoms with van der Waals surface area (Å²) in [6.07, 6.45) is -5.04. The van der Waals surface area contributed by atoms with Gasteiger partial charge in [0.25, 0.3) is 0 Å². The minimum Gasteiger partial charge on any atom is -0.508 e. The molecule has 0 saturated heterocycles. The fraction of sp³-hybridized carbons (Fsp3) is 0.466. The molecule has 30 nitrogen and oxygen atoms in total. The zero-order chi connectivity index (χ0) is 65.6. The Morgan fingerprint density at radius 1 is 0.432 bits per heavy atom. The molecule has 0 unspecified atom stereocenters. The molecule has 0 bridgehead atoms. The first-order chi connectivity index (χ1) is 41.6. The SMILES string of the molecule is CC[C@H](C)[C@H](NC(=O)[C@H](Cc1ccc(O)cc1)NC(=O)[C@H](CCC(=O)O)NC(=O)[C@@H](N)Cc1ccccc1)C(=O)N[C@@H](CCC(=O)O)C(=O)N[C@@H](CCC(=O)O)C(=O)N[C@@H](CC(N)=O)C(=O)N[C@@H](CCCCN)C(=O)N[C@@H](Cc1ccc(O)cc1)C(=O)O. The molecule has 3 rings (SSSR count). The maximum atomic E-state index is 14.5. The molecule has 0 aromatic heterocycles. The van der Waals surface area contributed by atoms with Gasteiger partial charge in [-0.05, 0) is 98.4 Å². The number of unbranched alkanes of at least 4 members (excludes halogenated alkanes) is 1. The highest BCUT2D eigenvalue weighted by Gasteiger charge is 2.37. The molecule has 0 radical (unpaired) electrons. The van der Waals surface area contributed by atoms with E-state index < -0.39 is 182 Å². The average Bonchev–Trinajstić information content (AvgIpc) is 2.53. The number of phenols is 2. The van der Waals surface area contributed by atoms with Gasteiger partial charge in [-0.15, -0.1) is 0 Å². The molecule has 0 spiro atoms. The van der Waals surface area contributed by atoms with E-state index in [1.165, 1.54) is 55.5 Å². The lowest BCUT2D eigenvalue weighted by atomic mass is 9.96. The molecule has 0 aliphatic heterocycles. The van der Waals surface area contributed by atoms with Crippen LogP contribution < -0.4 is 59.7 Å². The first-order valence-corrected chi connectivity index (χ1v) is 28.3. The molecule has 0 aliphatic carbocycles. The van der Waals surface area contributed by atoms with Crippen molar-refractivity contribution in [3.05, 3.63) is 95.6 Å². The van der Waals surface area contributed by atoms with Gasteiger partial charge in [0.2, 0.25) is 53.2 Å². The lowest BCUT2D eigenvalue weighted by Gasteiger charge is -2.30. The molecule has 10 atom stereocenters. The van der Waals surface area contributed by atoms with Crippen LogP contribution in [-0.4, -0.2) is 169 Å². The van der Waals surface area contributed by atoms with E-state index in [9.17, 15) is 93.0 Å². The second-order valence-electron chi connectivity index (χ2n) is 20.9. The molecule has 0 saturated carbocycles. The Kier molecular flexibility index (Phi) is 30.5. The Labute approximate surface area is 505 Å². The second-order valence-corrected chi connectivity index (χ2v) is 20.9. The molecule has 3 aromatic rings. The standard InChI is InChI=1S/C58H79N11O19/c1-3-31(2)49(69-56(85)42(28-33-12-16-35(70)17-13-33)66-53(82)39(20-23-46(73)74)62-50(79)37(60)27-32-9-5-4-6-10-32)57(86)65-41(22-25-48(77)78)52(81)64-40(21-24-47(75)76)54(83)67-43(30-45(61)72)55(84)63-38(11-7-8-26-59)51(80)68-44(58(87)88)29-34-14-18-36(71)19-15-34/h4-6,9-10,12-19,31,37-44,49,70-71H,3,7-8,11,20-30,59-60H2,1-2H3,(H2,61,72)(H,62,79)(H,63,84)(H,64,81)(H,65,86)(H,66,82)(H,67,83)(H,68,80)(H,69,85)(H,73,74)(H,75,76)(H,77,78)(H,87,88)/t31-,37-,38-,39-,40-,41-,42-,43-,44-,49-/m0/s1. The van der Waals surface area contributed by atoms with E-state index in [0.717, 1.165) is 0 Å². The maximum absolute atomic E-state index is 14.5. The summed E-state index contributed by atoms with van der Waals surface area (Å²) in [6, 6.07) is 4.73. The van der Waals surface area contributed by atoms with Crippen molar-refractivity contribution in [2.45, 2.75) is 158 Å². The van der Waals surface area contributed by atoms with Crippen LogP contribution in [0.25, 0.3) is 0 Å². The number of nitrogens with one attached hydrogen (secondary N) is 8. The first-order valence-electron chi connectivity index (χ1n) is 28.3. The second kappa shape index (κ2) is 37.0. The topological polar surface area (TPSA) is 518 Å². The highest BCUT2D eigenvalue weighted by atomic mass is 16.4. The minimum atomic E-state index is -1.94. The highest BCUT2D eigenvalue weighted by Crippen LogP contribution is 2.17. The number of amides is 9. The Morgan fingerprint density at radius 3 is 1.22 bits per heavy atom. The zero-order valence-electron chi connectivity index (χ0n) is 48.6. The third-order valence-electron chi connectivity index (χ3n) is 13.9. The number of hydrogen-bond acceptors (Lipinski definition) is 17. The Morgan fingerprint density at radius 2 is 0.795 bits per heavy atom. The van der Waals surface area contributed by atoms with Crippen LogP contribution >= 0.6 is 0 Å². The molecule has 0 heterocycles. The molecule has 0 fully saturated rings. The smallest absolute Gasteiger partial charge is 0.326 e. The van der Waals surface area contributed by atoms with Crippen LogP contribution in [0, 0.1) is 5.92 Å². The van der Waals surface area contributed by atoms with Gasteiger partial charge in [-0.2, -0.15) is 0 Å². The van der Waals surface area contributed by atoms with Gasteiger partial charge in [-0.3, -0.25) is 57.5 Å². The molecular weight excluding hydrogens is 1150 g/mol. The fourth-order valence-electron chi connectivity index (χ4n) is 8.75. The van der Waals surface area contributed by atoms with Gasteiger partial charge < -0.3 is 90.4 Å². The van der Waals surface area contributed by atoms with Crippen molar-refractivity contribution >= 4 is 77.0 Å². The summed E-state index contributed by atoms with van der Waals surface area (Å²) in [5, 5.41) is 77.6. The van der Waals surface area contributed by atoms with Gasteiger partial charge >= 0.3 is 23.9 Å². The summed E-state index contributed by atoms with van der Waals surface area (Å²) >= 11 is 0. The number of primary amides is 1. The summed E-state index contributed by atoms with van der Waals surface area (Å²) in [5.74, 6) is -16.8. The summed E-state index contributed by atoms with van der Waals surface area (Å²) < 4.78 is 0. The fourth-order valence-corrected chi connectivity index (χ4v) is 8.75. The largest absolute Gasteiger partial charge is 0.508 e. The maximum Gasteiger partial charge on any atom is 0.326 e. The third kappa shape index (κ3) is 26.3. The van der Waals surface area contributed by atoms with Gasteiger partial charge in [0.1, 0.15) is 59.8 Å². The van der Waals surface area contributed by atoms with Crippen LogP contribution in [0.2, 0.25) is 0 Å². The zero-order valence-corrected chi connectivity index (χ0v) is 48.6. The van der Waals surface area contributed by atoms with Crippen molar-refractivity contribution in [1.29, 1.82) is 0 Å². The van der Waals surface area contributed by atoms with Gasteiger partial charge in [-0.1, -0.05) is 74.9 Å². The van der Waals surface area contributed by atoms with Crippen LogP contribution in [0.15, 0.2) is 78.9 Å². The third-order valence-corrected chi connectivity index (χ3v) is 13.9. The average molecular weight is 1230 g/mol. The van der Waals surface area contributed by atoms with Crippen LogP contribution in [0.3, 0.4) is 0 Å². The number of hydrogen-bond donors (Lipinski definition) is 17. The minimum absolute atomic E-state index is 0.0393. The van der Waals surface area contributed by atoms with E-state index in [2.05, 4.69) is 42.5 Å². The van der Waals surface area contributed by atoms with Crippen molar-refractivity contribution in [3.8, 4) is 11.5 Å². The predicted molar refractivity (Wildman–Crippen MR) is 312 cm³/mol. The molecule has 30 heteroatoms. The number of carbonyl (C=O) groups is 13. The van der Waals surface area contributed by atoms with Crippen molar-refractivity contribution in [3.63, 3.8) is 0 Å². The number of aromatic hydroxyl groups is 2. The lowest BCUT2D eigenvalue weighted by molar-refractivity contribution is -0.142. The molecule has 9 amide bonds. The van der Waals surface area contributed by atoms with E-state index in [0.29, 0.717) is 23.1 Å². The van der Waals surface area contributed by atoms with Crippen LogP contribution in [0.1, 0.15) is 101 Å². The number of benzene rings is 3. The molecule has 20 N–H and O–H groups in total. The molecule has 88 heavy (non-hydrogen) atoms. The number of carbonyl (C=O) groups excluding carboxylic acids is 9. The molecule has 480 valence electrons. The Hall–Kier alpha value is -9.71. The number of phenolic OH excluding ortho intramolecular Hbond substituents is 2. The van der Waals surface area contributed by atoms with Crippen LogP contribution in [0.5, 0.6) is 11.5 Å². The number of carboxylic acid groups (broad SMARTS) is 4. The molecular formula is C58H79N11O19. The van der Waals surface area contributed by atoms with Crippen molar-refractivity contribution < 1.29 is 93.0 Å². The number of nitrogens with two attached hydrogens (primary N) is 3. The van der Waals surface area contributed by atoms with Crippen molar-refractivity contribution in [2.24, 2.45) is 23.1 Å². The monoisotopic (exact) mass is 1230 g/mol. The predicted octanol–water partition coefficient (Wildman–Crippen LogP) is -1.94. The summed E-state index contributed by atoms with van der Waals surface area (Å²) in [6.45, 7) is 3.30. The summed E-state index contributed by atoms with van der Waals surface area (Å²) in [4.78, 5) is 172. The van der Waals surface area contributed by atoms with Gasteiger partial charge in [0.15, 0.2) is 0 Å². The number of rotatable bonds is 40. The number of aliphatic carboxylic acids is 4. The quantitative estimate of drug-likeness (QED) is 0.0276. The van der Waals surface area contributed by atoms with E-state index in [1.54, 1.807) is 37.3 Å².